The topological polar surface area (TPSA) is 68.1 Å². The molecular weight excluding hydrogens is 230 g/mol. The van der Waals surface area contributed by atoms with Crippen LogP contribution in [0.2, 0.25) is 0 Å². The smallest absolute Gasteiger partial charge is 0.154 e. The van der Waals surface area contributed by atoms with E-state index < -0.39 is 0 Å². The minimum atomic E-state index is -0.0883. The average Bonchev–Trinajstić information content (AvgIpc) is 2.41. The predicted molar refractivity (Wildman–Crippen MR) is 65.4 cm³/mol. The fourth-order valence-corrected chi connectivity index (χ4v) is 1.43. The van der Waals surface area contributed by atoms with E-state index in [9.17, 15) is 0 Å². The van der Waals surface area contributed by atoms with Crippen molar-refractivity contribution in [1.82, 2.24) is 15.0 Å². The quantitative estimate of drug-likeness (QED) is 0.862. The second-order valence-corrected chi connectivity index (χ2v) is 3.94. The van der Waals surface area contributed by atoms with Crippen molar-refractivity contribution in [3.05, 3.63) is 53.4 Å². The van der Waals surface area contributed by atoms with Gasteiger partial charge in [0.1, 0.15) is 6.61 Å². The maximum absolute atomic E-state index is 8.95. The number of ether oxygens (including phenoxy) is 1. The Morgan fingerprint density at radius 1 is 1.11 bits per heavy atom. The summed E-state index contributed by atoms with van der Waals surface area (Å²) in [5.41, 5.74) is 2.59. The lowest BCUT2D eigenvalue weighted by Gasteiger charge is -2.04. The molecule has 0 aliphatic heterocycles. The molecule has 2 heterocycles. The molecule has 0 spiro atoms. The van der Waals surface area contributed by atoms with Gasteiger partial charge in [0, 0.05) is 12.4 Å². The molecule has 2 aromatic rings. The fraction of sp³-hybridized carbons (Fsp3) is 0.308. The van der Waals surface area contributed by atoms with E-state index in [2.05, 4.69) is 15.0 Å². The number of aliphatic hydroxyl groups excluding tert-OH is 1. The molecule has 0 saturated carbocycles. The van der Waals surface area contributed by atoms with E-state index in [0.29, 0.717) is 24.7 Å². The van der Waals surface area contributed by atoms with Gasteiger partial charge in [-0.2, -0.15) is 0 Å². The summed E-state index contributed by atoms with van der Waals surface area (Å²) in [5, 5.41) is 8.95. The van der Waals surface area contributed by atoms with Crippen LogP contribution in [0.4, 0.5) is 0 Å². The Kier molecular flexibility index (Phi) is 4.33. The third kappa shape index (κ3) is 3.58. The van der Waals surface area contributed by atoms with Gasteiger partial charge in [-0.25, -0.2) is 9.97 Å². The maximum Gasteiger partial charge on any atom is 0.154 e. The van der Waals surface area contributed by atoms with Crippen molar-refractivity contribution >= 4 is 0 Å². The van der Waals surface area contributed by atoms with Crippen LogP contribution >= 0.6 is 0 Å². The fourth-order valence-electron chi connectivity index (χ4n) is 1.43. The first-order valence-corrected chi connectivity index (χ1v) is 5.69. The second-order valence-electron chi connectivity index (χ2n) is 3.94. The minimum absolute atomic E-state index is 0.0883. The molecule has 94 valence electrons. The lowest BCUT2D eigenvalue weighted by Crippen LogP contribution is -2.02. The van der Waals surface area contributed by atoms with Gasteiger partial charge < -0.3 is 9.84 Å². The van der Waals surface area contributed by atoms with Crippen molar-refractivity contribution in [2.24, 2.45) is 0 Å². The first-order valence-electron chi connectivity index (χ1n) is 5.69. The van der Waals surface area contributed by atoms with Gasteiger partial charge in [-0.1, -0.05) is 6.07 Å². The van der Waals surface area contributed by atoms with Gasteiger partial charge in [0.2, 0.25) is 0 Å². The Morgan fingerprint density at radius 2 is 2.00 bits per heavy atom. The third-order valence-electron chi connectivity index (χ3n) is 2.38. The van der Waals surface area contributed by atoms with Gasteiger partial charge >= 0.3 is 0 Å². The summed E-state index contributed by atoms with van der Waals surface area (Å²) in [6.07, 6.45) is 3.42. The SMILES string of the molecule is Cc1ccc(COCc2nccc(CO)n2)nc1. The van der Waals surface area contributed by atoms with E-state index >= 15 is 0 Å². The van der Waals surface area contributed by atoms with Crippen molar-refractivity contribution in [2.75, 3.05) is 0 Å². The van der Waals surface area contributed by atoms with Crippen LogP contribution in [-0.4, -0.2) is 20.1 Å². The molecule has 0 aliphatic carbocycles. The van der Waals surface area contributed by atoms with Crippen LogP contribution in [-0.2, 0) is 24.6 Å². The molecule has 0 saturated heterocycles. The highest BCUT2D eigenvalue weighted by atomic mass is 16.5. The van der Waals surface area contributed by atoms with Gasteiger partial charge in [-0.05, 0) is 24.6 Å². The first-order chi connectivity index (χ1) is 8.78. The average molecular weight is 245 g/mol. The number of rotatable bonds is 5. The van der Waals surface area contributed by atoms with Gasteiger partial charge in [0.15, 0.2) is 5.82 Å². The number of hydrogen-bond acceptors (Lipinski definition) is 5. The van der Waals surface area contributed by atoms with E-state index in [1.807, 2.05) is 25.3 Å². The number of hydrogen-bond donors (Lipinski definition) is 1. The summed E-state index contributed by atoms with van der Waals surface area (Å²) in [7, 11) is 0. The summed E-state index contributed by atoms with van der Waals surface area (Å²) in [6, 6.07) is 5.60. The van der Waals surface area contributed by atoms with E-state index in [0.717, 1.165) is 11.3 Å². The van der Waals surface area contributed by atoms with Crippen molar-refractivity contribution in [3.63, 3.8) is 0 Å². The molecule has 2 aromatic heterocycles. The summed E-state index contributed by atoms with van der Waals surface area (Å²) in [6.45, 7) is 2.64. The van der Waals surface area contributed by atoms with E-state index in [1.54, 1.807) is 12.3 Å². The van der Waals surface area contributed by atoms with Crippen molar-refractivity contribution in [1.29, 1.82) is 0 Å². The molecule has 5 heteroatoms. The van der Waals surface area contributed by atoms with Crippen molar-refractivity contribution < 1.29 is 9.84 Å². The van der Waals surface area contributed by atoms with Gasteiger partial charge in [-0.15, -0.1) is 0 Å². The maximum atomic E-state index is 8.95. The Morgan fingerprint density at radius 3 is 2.72 bits per heavy atom. The van der Waals surface area contributed by atoms with Crippen LogP contribution in [0.3, 0.4) is 0 Å². The van der Waals surface area contributed by atoms with E-state index in [-0.39, 0.29) is 6.61 Å². The summed E-state index contributed by atoms with van der Waals surface area (Å²) >= 11 is 0. The molecule has 0 unspecified atom stereocenters. The predicted octanol–water partition coefficient (Wildman–Crippen LogP) is 1.39. The van der Waals surface area contributed by atoms with Crippen molar-refractivity contribution in [3.8, 4) is 0 Å². The van der Waals surface area contributed by atoms with Crippen LogP contribution < -0.4 is 0 Å². The molecule has 0 bridgehead atoms. The van der Waals surface area contributed by atoms with Gasteiger partial charge in [0.25, 0.3) is 0 Å². The zero-order chi connectivity index (χ0) is 12.8. The molecule has 0 fully saturated rings. The molecule has 0 amide bonds. The molecular formula is C13H15N3O2. The molecule has 1 N–H and O–H groups in total. The summed E-state index contributed by atoms with van der Waals surface area (Å²) < 4.78 is 5.48. The third-order valence-corrected chi connectivity index (χ3v) is 2.38. The zero-order valence-electron chi connectivity index (χ0n) is 10.2. The monoisotopic (exact) mass is 245 g/mol. The van der Waals surface area contributed by atoms with Gasteiger partial charge in [0.05, 0.1) is 24.6 Å². The van der Waals surface area contributed by atoms with Crippen LogP contribution in [0.1, 0.15) is 22.8 Å². The number of nitrogens with zero attached hydrogens (tertiary/aromatic N) is 3. The van der Waals surface area contributed by atoms with Crippen LogP contribution in [0.25, 0.3) is 0 Å². The highest BCUT2D eigenvalue weighted by Crippen LogP contribution is 2.03. The number of aliphatic hydroxyl groups is 1. The van der Waals surface area contributed by atoms with E-state index in [4.69, 9.17) is 9.84 Å². The summed E-state index contributed by atoms with van der Waals surface area (Å²) in [5.74, 6) is 0.564. The highest BCUT2D eigenvalue weighted by Gasteiger charge is 2.00. The number of aromatic nitrogens is 3. The molecule has 2 rings (SSSR count). The van der Waals surface area contributed by atoms with E-state index in [1.165, 1.54) is 0 Å². The number of aryl methyl sites for hydroxylation is 1. The largest absolute Gasteiger partial charge is 0.390 e. The number of pyridine rings is 1. The Hall–Kier alpha value is -1.85. The Balaban J connectivity index is 1.86. The van der Waals surface area contributed by atoms with Crippen LogP contribution in [0.5, 0.6) is 0 Å². The first kappa shape index (κ1) is 12.6. The zero-order valence-corrected chi connectivity index (χ0v) is 10.2. The standard InChI is InChI=1S/C13H15N3O2/c1-10-2-3-12(15-6-10)8-18-9-13-14-5-4-11(7-17)16-13/h2-6,17H,7-9H2,1H3. The summed E-state index contributed by atoms with van der Waals surface area (Å²) in [4.78, 5) is 12.4. The minimum Gasteiger partial charge on any atom is -0.390 e. The lowest BCUT2D eigenvalue weighted by molar-refractivity contribution is 0.0987. The van der Waals surface area contributed by atoms with Crippen molar-refractivity contribution in [2.45, 2.75) is 26.7 Å². The molecule has 0 aliphatic rings. The normalized spacial score (nSPS) is 10.6. The lowest BCUT2D eigenvalue weighted by atomic mass is 10.3. The van der Waals surface area contributed by atoms with Crippen LogP contribution in [0, 0.1) is 6.92 Å². The van der Waals surface area contributed by atoms with Crippen LogP contribution in [0.15, 0.2) is 30.6 Å². The Labute approximate surface area is 106 Å². The molecule has 0 atom stereocenters. The molecule has 5 nitrogen and oxygen atoms in total. The highest BCUT2D eigenvalue weighted by molar-refractivity contribution is 5.11. The second kappa shape index (κ2) is 6.18. The Bertz CT molecular complexity index is 500. The van der Waals surface area contributed by atoms with Gasteiger partial charge in [-0.3, -0.25) is 4.98 Å². The molecule has 0 radical (unpaired) electrons. The molecule has 0 aromatic carbocycles. The molecule has 18 heavy (non-hydrogen) atoms.